The largest absolute Gasteiger partial charge is 0.212 e. The number of aromatic nitrogens is 3. The summed E-state index contributed by atoms with van der Waals surface area (Å²) in [6.07, 6.45) is 0. The van der Waals surface area contributed by atoms with Crippen LogP contribution in [0.4, 0.5) is 4.39 Å². The second-order valence-electron chi connectivity index (χ2n) is 5.25. The molecule has 2 aromatic carbocycles. The van der Waals surface area contributed by atoms with E-state index in [0.29, 0.717) is 16.5 Å². The molecule has 0 saturated heterocycles. The SMILES string of the molecule is Cc1ccccc1C1=Nn2c(nnc2-c2ccccc2F)SC1. The molecule has 0 amide bonds. The van der Waals surface area contributed by atoms with Crippen molar-refractivity contribution in [3.63, 3.8) is 0 Å². The van der Waals surface area contributed by atoms with Crippen LogP contribution in [0.15, 0.2) is 58.8 Å². The molecule has 23 heavy (non-hydrogen) atoms. The molecular formula is C17H13FN4S. The number of aryl methyl sites for hydroxylation is 1. The maximum atomic E-state index is 14.1. The van der Waals surface area contributed by atoms with Crippen LogP contribution < -0.4 is 0 Å². The van der Waals surface area contributed by atoms with E-state index in [9.17, 15) is 4.39 Å². The van der Waals surface area contributed by atoms with Crippen molar-refractivity contribution in [3.8, 4) is 11.4 Å². The third-order valence-electron chi connectivity index (χ3n) is 3.74. The van der Waals surface area contributed by atoms with Gasteiger partial charge >= 0.3 is 0 Å². The highest BCUT2D eigenvalue weighted by molar-refractivity contribution is 7.99. The van der Waals surface area contributed by atoms with Crippen LogP contribution in [0.3, 0.4) is 0 Å². The minimum Gasteiger partial charge on any atom is -0.206 e. The highest BCUT2D eigenvalue weighted by atomic mass is 32.2. The van der Waals surface area contributed by atoms with E-state index in [2.05, 4.69) is 28.3 Å². The summed E-state index contributed by atoms with van der Waals surface area (Å²) in [7, 11) is 0. The van der Waals surface area contributed by atoms with Gasteiger partial charge in [-0.1, -0.05) is 48.2 Å². The van der Waals surface area contributed by atoms with Gasteiger partial charge in [-0.3, -0.25) is 0 Å². The highest BCUT2D eigenvalue weighted by Crippen LogP contribution is 2.29. The van der Waals surface area contributed by atoms with Gasteiger partial charge < -0.3 is 0 Å². The van der Waals surface area contributed by atoms with Gasteiger partial charge in [-0.2, -0.15) is 9.78 Å². The fourth-order valence-electron chi connectivity index (χ4n) is 2.57. The number of benzene rings is 2. The Morgan fingerprint density at radius 2 is 1.74 bits per heavy atom. The van der Waals surface area contributed by atoms with Crippen LogP contribution >= 0.6 is 11.8 Å². The lowest BCUT2D eigenvalue weighted by Gasteiger charge is -2.15. The van der Waals surface area contributed by atoms with Crippen LogP contribution in [0.2, 0.25) is 0 Å². The quantitative estimate of drug-likeness (QED) is 0.721. The number of fused-ring (bicyclic) bond motifs is 1. The monoisotopic (exact) mass is 324 g/mol. The Morgan fingerprint density at radius 3 is 2.52 bits per heavy atom. The van der Waals surface area contributed by atoms with Crippen molar-refractivity contribution in [1.82, 2.24) is 14.9 Å². The lowest BCUT2D eigenvalue weighted by atomic mass is 10.1. The summed E-state index contributed by atoms with van der Waals surface area (Å²) in [5.41, 5.74) is 3.61. The molecule has 1 aromatic heterocycles. The van der Waals surface area contributed by atoms with Crippen molar-refractivity contribution in [2.75, 3.05) is 5.75 Å². The Hall–Kier alpha value is -2.47. The normalized spacial score (nSPS) is 13.6. The summed E-state index contributed by atoms with van der Waals surface area (Å²) >= 11 is 1.56. The predicted octanol–water partition coefficient (Wildman–Crippen LogP) is 3.75. The van der Waals surface area contributed by atoms with Crippen LogP contribution in [0, 0.1) is 12.7 Å². The second kappa shape index (κ2) is 5.62. The Balaban J connectivity index is 1.85. The second-order valence-corrected chi connectivity index (χ2v) is 6.19. The van der Waals surface area contributed by atoms with Gasteiger partial charge in [0.15, 0.2) is 5.82 Å². The molecule has 0 unspecified atom stereocenters. The first-order valence-electron chi connectivity index (χ1n) is 7.21. The summed E-state index contributed by atoms with van der Waals surface area (Å²) in [6, 6.07) is 14.6. The van der Waals surface area contributed by atoms with Gasteiger partial charge in [-0.05, 0) is 24.6 Å². The van der Waals surface area contributed by atoms with E-state index >= 15 is 0 Å². The zero-order valence-corrected chi connectivity index (χ0v) is 13.2. The standard InChI is InChI=1S/C17H13FN4S/c1-11-6-2-3-7-12(11)15-10-23-17-20-19-16(22(17)21-15)13-8-4-5-9-14(13)18/h2-9H,10H2,1H3. The molecule has 0 N–H and O–H groups in total. The molecule has 0 spiro atoms. The molecule has 3 aromatic rings. The van der Waals surface area contributed by atoms with E-state index in [4.69, 9.17) is 0 Å². The van der Waals surface area contributed by atoms with Gasteiger partial charge in [0, 0.05) is 11.3 Å². The lowest BCUT2D eigenvalue weighted by Crippen LogP contribution is -2.15. The Labute approximate surface area is 137 Å². The third kappa shape index (κ3) is 2.45. The summed E-state index contributed by atoms with van der Waals surface area (Å²) in [4.78, 5) is 0. The van der Waals surface area contributed by atoms with E-state index < -0.39 is 0 Å². The first kappa shape index (κ1) is 14.1. The van der Waals surface area contributed by atoms with Crippen LogP contribution in [0.1, 0.15) is 11.1 Å². The molecule has 0 bridgehead atoms. The number of rotatable bonds is 2. The average molecular weight is 324 g/mol. The molecule has 114 valence electrons. The fraction of sp³-hybridized carbons (Fsp3) is 0.118. The number of hydrogen-bond acceptors (Lipinski definition) is 4. The van der Waals surface area contributed by atoms with Crippen molar-refractivity contribution in [2.45, 2.75) is 12.1 Å². The number of nitrogens with zero attached hydrogens (tertiary/aromatic N) is 4. The third-order valence-corrected chi connectivity index (χ3v) is 4.67. The molecular weight excluding hydrogens is 311 g/mol. The first-order valence-corrected chi connectivity index (χ1v) is 8.19. The van der Waals surface area contributed by atoms with E-state index in [-0.39, 0.29) is 5.82 Å². The van der Waals surface area contributed by atoms with Gasteiger partial charge in [-0.25, -0.2) is 4.39 Å². The first-order chi connectivity index (χ1) is 11.2. The molecule has 1 aliphatic heterocycles. The maximum Gasteiger partial charge on any atom is 0.212 e. The molecule has 0 saturated carbocycles. The lowest BCUT2D eigenvalue weighted by molar-refractivity contribution is 0.627. The van der Waals surface area contributed by atoms with Crippen LogP contribution in [0.25, 0.3) is 11.4 Å². The van der Waals surface area contributed by atoms with Gasteiger partial charge in [0.05, 0.1) is 11.3 Å². The van der Waals surface area contributed by atoms with Crippen molar-refractivity contribution in [2.24, 2.45) is 5.10 Å². The molecule has 0 aliphatic carbocycles. The molecule has 1 aliphatic rings. The zero-order chi connectivity index (χ0) is 15.8. The van der Waals surface area contributed by atoms with Gasteiger partial charge in [0.1, 0.15) is 5.82 Å². The summed E-state index contributed by atoms with van der Waals surface area (Å²) in [6.45, 7) is 2.06. The smallest absolute Gasteiger partial charge is 0.206 e. The number of halogens is 1. The Bertz CT molecular complexity index is 916. The average Bonchev–Trinajstić information content (AvgIpc) is 2.99. The van der Waals surface area contributed by atoms with Crippen LogP contribution in [-0.4, -0.2) is 26.3 Å². The molecule has 4 rings (SSSR count). The molecule has 0 radical (unpaired) electrons. The maximum absolute atomic E-state index is 14.1. The van der Waals surface area contributed by atoms with Gasteiger partial charge in [0.2, 0.25) is 5.16 Å². The van der Waals surface area contributed by atoms with E-state index in [1.165, 1.54) is 6.07 Å². The molecule has 6 heteroatoms. The minimum absolute atomic E-state index is 0.328. The minimum atomic E-state index is -0.328. The van der Waals surface area contributed by atoms with Crippen molar-refractivity contribution < 1.29 is 4.39 Å². The zero-order valence-electron chi connectivity index (χ0n) is 12.4. The number of hydrogen-bond donors (Lipinski definition) is 0. The van der Waals surface area contributed by atoms with Crippen LogP contribution in [-0.2, 0) is 0 Å². The highest BCUT2D eigenvalue weighted by Gasteiger charge is 2.22. The molecule has 0 atom stereocenters. The topological polar surface area (TPSA) is 43.1 Å². The Kier molecular flexibility index (Phi) is 3.46. The predicted molar refractivity (Wildman–Crippen MR) is 89.3 cm³/mol. The molecule has 4 nitrogen and oxygen atoms in total. The molecule has 0 fully saturated rings. The summed E-state index contributed by atoms with van der Waals surface area (Å²) in [5, 5.41) is 13.6. The Morgan fingerprint density at radius 1 is 1.00 bits per heavy atom. The van der Waals surface area contributed by atoms with E-state index in [1.807, 2.05) is 18.2 Å². The number of thioether (sulfide) groups is 1. The van der Waals surface area contributed by atoms with E-state index in [1.54, 1.807) is 34.6 Å². The summed E-state index contributed by atoms with van der Waals surface area (Å²) in [5.74, 6) is 0.822. The van der Waals surface area contributed by atoms with Crippen molar-refractivity contribution in [1.29, 1.82) is 0 Å². The van der Waals surface area contributed by atoms with Crippen molar-refractivity contribution in [3.05, 3.63) is 65.5 Å². The van der Waals surface area contributed by atoms with Gasteiger partial charge in [-0.15, -0.1) is 10.2 Å². The summed E-state index contributed by atoms with van der Waals surface area (Å²) < 4.78 is 15.7. The fourth-order valence-corrected chi connectivity index (χ4v) is 3.39. The van der Waals surface area contributed by atoms with Gasteiger partial charge in [0.25, 0.3) is 0 Å². The van der Waals surface area contributed by atoms with E-state index in [0.717, 1.165) is 22.6 Å². The molecule has 2 heterocycles. The van der Waals surface area contributed by atoms with Crippen molar-refractivity contribution >= 4 is 17.5 Å². The van der Waals surface area contributed by atoms with Crippen LogP contribution in [0.5, 0.6) is 0 Å².